The Morgan fingerprint density at radius 3 is 2.31 bits per heavy atom. The fraction of sp³-hybridized carbons (Fsp3) is 0.571. The third-order valence-corrected chi connectivity index (χ3v) is 9.59. The van der Waals surface area contributed by atoms with E-state index < -0.39 is 0 Å². The minimum atomic E-state index is -0.132. The van der Waals surface area contributed by atoms with Crippen molar-refractivity contribution in [1.29, 1.82) is 0 Å². The number of aryl methyl sites for hydroxylation is 1. The number of fused-ring (bicyclic) bond motifs is 1. The molecule has 244 valence electrons. The van der Waals surface area contributed by atoms with Gasteiger partial charge in [0.2, 0.25) is 0 Å². The SMILES string of the molecule is CCN(CC)CCNC(=O)c1c(C)[nH]c(/C=C2\C(=O)N(CC3CCOCC3)c3cc(C(=O)NCC4CCOCC4)ccc32)c1C. The molecule has 3 aliphatic rings. The number of hydrogen-bond acceptors (Lipinski definition) is 6. The second kappa shape index (κ2) is 15.2. The molecule has 2 fully saturated rings. The molecule has 3 aliphatic heterocycles. The van der Waals surface area contributed by atoms with E-state index in [4.69, 9.17) is 9.47 Å². The van der Waals surface area contributed by atoms with Crippen LogP contribution in [0, 0.1) is 25.7 Å². The van der Waals surface area contributed by atoms with Gasteiger partial charge in [-0.3, -0.25) is 14.4 Å². The number of anilines is 1. The second-order valence-corrected chi connectivity index (χ2v) is 12.5. The third kappa shape index (κ3) is 7.68. The van der Waals surface area contributed by atoms with E-state index in [9.17, 15) is 14.4 Å². The summed E-state index contributed by atoms with van der Waals surface area (Å²) < 4.78 is 11.0. The average molecular weight is 620 g/mol. The predicted octanol–water partition coefficient (Wildman–Crippen LogP) is 4.17. The van der Waals surface area contributed by atoms with Crippen molar-refractivity contribution >= 4 is 35.1 Å². The van der Waals surface area contributed by atoms with Gasteiger partial charge in [-0.1, -0.05) is 19.9 Å². The van der Waals surface area contributed by atoms with Gasteiger partial charge < -0.3 is 34.9 Å². The van der Waals surface area contributed by atoms with Crippen LogP contribution in [0.5, 0.6) is 0 Å². The van der Waals surface area contributed by atoms with E-state index in [0.717, 1.165) is 86.7 Å². The van der Waals surface area contributed by atoms with Gasteiger partial charge in [-0.25, -0.2) is 0 Å². The van der Waals surface area contributed by atoms with Gasteiger partial charge in [0.05, 0.1) is 16.8 Å². The topological polar surface area (TPSA) is 116 Å². The molecule has 4 heterocycles. The lowest BCUT2D eigenvalue weighted by Gasteiger charge is -2.27. The monoisotopic (exact) mass is 619 g/mol. The number of carbonyl (C=O) groups is 3. The highest BCUT2D eigenvalue weighted by molar-refractivity contribution is 6.36. The van der Waals surface area contributed by atoms with Crippen LogP contribution >= 0.6 is 0 Å². The Hall–Kier alpha value is -3.47. The molecule has 45 heavy (non-hydrogen) atoms. The first-order valence-corrected chi connectivity index (χ1v) is 16.6. The largest absolute Gasteiger partial charge is 0.381 e. The van der Waals surface area contributed by atoms with E-state index >= 15 is 0 Å². The Labute approximate surface area is 266 Å². The number of ether oxygens (including phenoxy) is 2. The molecule has 2 aromatic rings. The lowest BCUT2D eigenvalue weighted by Crippen LogP contribution is -2.35. The molecule has 0 radical (unpaired) electrons. The van der Waals surface area contributed by atoms with E-state index in [0.29, 0.717) is 61.4 Å². The quantitative estimate of drug-likeness (QED) is 0.307. The number of rotatable bonds is 12. The first kappa shape index (κ1) is 32.9. The molecule has 0 bridgehead atoms. The highest BCUT2D eigenvalue weighted by Crippen LogP contribution is 2.40. The zero-order chi connectivity index (χ0) is 31.9. The van der Waals surface area contributed by atoms with Crippen LogP contribution in [0.15, 0.2) is 18.2 Å². The van der Waals surface area contributed by atoms with Crippen LogP contribution in [0.1, 0.15) is 82.8 Å². The number of hydrogen-bond donors (Lipinski definition) is 3. The maximum atomic E-state index is 14.1. The molecule has 1 aromatic carbocycles. The molecule has 1 aromatic heterocycles. The standard InChI is InChI=1S/C35H49N5O5/c1-5-39(6-2)14-13-36-34(42)32-23(3)30(38-24(32)4)20-29-28-8-7-27(33(41)37-21-25-9-15-44-16-10-25)19-31(28)40(35(29)43)22-26-11-17-45-18-12-26/h7-8,19-20,25-26,38H,5-6,9-18,21-22H2,1-4H3,(H,36,42)(H,37,41)/b29-20-. The molecule has 3 N–H and O–H groups in total. The Kier molecular flexibility index (Phi) is 11.1. The number of benzene rings is 1. The zero-order valence-corrected chi connectivity index (χ0v) is 27.3. The van der Waals surface area contributed by atoms with Gasteiger partial charge in [0, 0.05) is 75.1 Å². The van der Waals surface area contributed by atoms with Crippen LogP contribution in [0.3, 0.4) is 0 Å². The number of likely N-dealkylation sites (N-methyl/N-ethyl adjacent to an activating group) is 1. The van der Waals surface area contributed by atoms with Gasteiger partial charge in [-0.15, -0.1) is 0 Å². The van der Waals surface area contributed by atoms with Crippen molar-refractivity contribution in [3.05, 3.63) is 51.8 Å². The summed E-state index contributed by atoms with van der Waals surface area (Å²) in [6.07, 6.45) is 5.55. The molecule has 3 amide bonds. The molecular formula is C35H49N5O5. The average Bonchev–Trinajstić information content (AvgIpc) is 3.49. The van der Waals surface area contributed by atoms with Gasteiger partial charge in [-0.2, -0.15) is 0 Å². The van der Waals surface area contributed by atoms with Crippen molar-refractivity contribution in [3.63, 3.8) is 0 Å². The summed E-state index contributed by atoms with van der Waals surface area (Å²) in [6, 6.07) is 5.55. The maximum absolute atomic E-state index is 14.1. The molecule has 0 aliphatic carbocycles. The van der Waals surface area contributed by atoms with E-state index in [1.54, 1.807) is 6.07 Å². The van der Waals surface area contributed by atoms with Crippen molar-refractivity contribution in [1.82, 2.24) is 20.5 Å². The molecular weight excluding hydrogens is 570 g/mol. The molecule has 10 heteroatoms. The summed E-state index contributed by atoms with van der Waals surface area (Å²) >= 11 is 0. The van der Waals surface area contributed by atoms with Gasteiger partial charge in [0.15, 0.2) is 0 Å². The molecule has 0 saturated carbocycles. The van der Waals surface area contributed by atoms with Crippen molar-refractivity contribution in [3.8, 4) is 0 Å². The summed E-state index contributed by atoms with van der Waals surface area (Å²) in [5, 5.41) is 6.16. The van der Waals surface area contributed by atoms with Crippen LogP contribution < -0.4 is 15.5 Å². The summed E-state index contributed by atoms with van der Waals surface area (Å²) in [4.78, 5) is 47.9. The molecule has 0 unspecified atom stereocenters. The fourth-order valence-electron chi connectivity index (χ4n) is 6.65. The highest BCUT2D eigenvalue weighted by Gasteiger charge is 2.35. The van der Waals surface area contributed by atoms with Crippen molar-refractivity contribution in [2.24, 2.45) is 11.8 Å². The Balaban J connectivity index is 1.39. The minimum absolute atomic E-state index is 0.0897. The Morgan fingerprint density at radius 1 is 0.978 bits per heavy atom. The van der Waals surface area contributed by atoms with Crippen LogP contribution in [0.25, 0.3) is 11.6 Å². The van der Waals surface area contributed by atoms with Gasteiger partial charge in [0.1, 0.15) is 0 Å². The van der Waals surface area contributed by atoms with E-state index in [-0.39, 0.29) is 17.7 Å². The zero-order valence-electron chi connectivity index (χ0n) is 27.3. The summed E-state index contributed by atoms with van der Waals surface area (Å²) in [7, 11) is 0. The Morgan fingerprint density at radius 2 is 1.64 bits per heavy atom. The molecule has 0 spiro atoms. The number of amides is 3. The summed E-state index contributed by atoms with van der Waals surface area (Å²) in [5.74, 6) is 0.400. The van der Waals surface area contributed by atoms with Crippen molar-refractivity contribution in [2.75, 3.05) is 70.6 Å². The molecule has 2 saturated heterocycles. The van der Waals surface area contributed by atoms with Gasteiger partial charge in [0.25, 0.3) is 17.7 Å². The number of nitrogens with one attached hydrogen (secondary N) is 3. The van der Waals surface area contributed by atoms with E-state index in [2.05, 4.69) is 34.4 Å². The lowest BCUT2D eigenvalue weighted by molar-refractivity contribution is -0.113. The van der Waals surface area contributed by atoms with Crippen molar-refractivity contribution < 1.29 is 23.9 Å². The number of nitrogens with zero attached hydrogens (tertiary/aromatic N) is 2. The number of aromatic nitrogens is 1. The normalized spacial score (nSPS) is 18.6. The van der Waals surface area contributed by atoms with E-state index in [1.165, 1.54) is 0 Å². The highest BCUT2D eigenvalue weighted by atomic mass is 16.5. The smallest absolute Gasteiger partial charge is 0.259 e. The molecule has 0 atom stereocenters. The van der Waals surface area contributed by atoms with Gasteiger partial charge in [-0.05, 0) is 88.2 Å². The third-order valence-electron chi connectivity index (χ3n) is 9.59. The molecule has 10 nitrogen and oxygen atoms in total. The lowest BCUT2D eigenvalue weighted by atomic mass is 9.99. The van der Waals surface area contributed by atoms with Crippen LogP contribution in [-0.2, 0) is 14.3 Å². The van der Waals surface area contributed by atoms with Crippen LogP contribution in [-0.4, -0.2) is 93.3 Å². The second-order valence-electron chi connectivity index (χ2n) is 12.5. The van der Waals surface area contributed by atoms with Crippen LogP contribution in [0.2, 0.25) is 0 Å². The first-order chi connectivity index (χ1) is 21.8. The summed E-state index contributed by atoms with van der Waals surface area (Å²) in [6.45, 7) is 15.3. The Bertz CT molecular complexity index is 1400. The number of carbonyl (C=O) groups excluding carboxylic acids is 3. The van der Waals surface area contributed by atoms with Crippen LogP contribution in [0.4, 0.5) is 5.69 Å². The van der Waals surface area contributed by atoms with E-state index in [1.807, 2.05) is 37.0 Å². The maximum Gasteiger partial charge on any atom is 0.259 e. The predicted molar refractivity (Wildman–Crippen MR) is 176 cm³/mol. The first-order valence-electron chi connectivity index (χ1n) is 16.6. The molecule has 5 rings (SSSR count). The fourth-order valence-corrected chi connectivity index (χ4v) is 6.65. The number of aromatic amines is 1. The minimum Gasteiger partial charge on any atom is -0.381 e. The number of H-pyrrole nitrogens is 1. The summed E-state index contributed by atoms with van der Waals surface area (Å²) in [5.41, 5.74) is 5.58. The van der Waals surface area contributed by atoms with Crippen molar-refractivity contribution in [2.45, 2.75) is 53.4 Å². The van der Waals surface area contributed by atoms with Gasteiger partial charge >= 0.3 is 0 Å².